The van der Waals surface area contributed by atoms with Crippen molar-refractivity contribution in [3.63, 3.8) is 0 Å². The molecule has 2 atom stereocenters. The van der Waals surface area contributed by atoms with Crippen LogP contribution in [0.3, 0.4) is 0 Å². The minimum Gasteiger partial charge on any atom is -0.419 e. The molecular formula is C16H22N4O2S2. The van der Waals surface area contributed by atoms with Gasteiger partial charge >= 0.3 is 6.09 Å². The van der Waals surface area contributed by atoms with Gasteiger partial charge in [-0.15, -0.1) is 0 Å². The Morgan fingerprint density at radius 3 is 2.83 bits per heavy atom. The molecule has 0 aromatic heterocycles. The monoisotopic (exact) mass is 366 g/mol. The molecule has 6 nitrogen and oxygen atoms in total. The summed E-state index contributed by atoms with van der Waals surface area (Å²) in [5, 5.41) is 9.46. The first-order valence-corrected chi connectivity index (χ1v) is 8.69. The van der Waals surface area contributed by atoms with Crippen LogP contribution < -0.4 is 16.0 Å². The van der Waals surface area contributed by atoms with E-state index >= 15 is 0 Å². The lowest BCUT2D eigenvalue weighted by molar-refractivity contribution is 0.191. The Morgan fingerprint density at radius 2 is 2.04 bits per heavy atom. The van der Waals surface area contributed by atoms with Gasteiger partial charge in [-0.3, -0.25) is 5.32 Å². The molecular weight excluding hydrogens is 344 g/mol. The first kappa shape index (κ1) is 18.4. The summed E-state index contributed by atoms with van der Waals surface area (Å²) >= 11 is 10.5. The van der Waals surface area contributed by atoms with E-state index in [0.29, 0.717) is 25.0 Å². The van der Waals surface area contributed by atoms with Crippen molar-refractivity contribution in [3.8, 4) is 0 Å². The van der Waals surface area contributed by atoms with Crippen molar-refractivity contribution in [2.45, 2.75) is 18.9 Å². The number of likely N-dealkylation sites (tertiary alicyclic amines) is 1. The maximum Gasteiger partial charge on any atom is 0.418 e. The van der Waals surface area contributed by atoms with E-state index in [4.69, 9.17) is 24.4 Å². The Morgan fingerprint density at radius 1 is 1.29 bits per heavy atom. The molecule has 1 saturated heterocycles. The number of hydrogen-bond acceptors (Lipinski definition) is 4. The lowest BCUT2D eigenvalue weighted by Crippen LogP contribution is -2.52. The molecule has 2 unspecified atom stereocenters. The average Bonchev–Trinajstić information content (AvgIpc) is 2.58. The average molecular weight is 367 g/mol. The van der Waals surface area contributed by atoms with Crippen molar-refractivity contribution < 1.29 is 9.53 Å². The third-order valence-electron chi connectivity index (χ3n) is 3.87. The van der Waals surface area contributed by atoms with E-state index in [9.17, 15) is 4.79 Å². The number of nitrogens with zero attached hydrogens (tertiary/aromatic N) is 1. The van der Waals surface area contributed by atoms with Crippen LogP contribution in [0.1, 0.15) is 12.8 Å². The van der Waals surface area contributed by atoms with Gasteiger partial charge in [0.15, 0.2) is 10.2 Å². The zero-order chi connectivity index (χ0) is 17.4. The first-order chi connectivity index (χ1) is 11.6. The second kappa shape index (κ2) is 9.39. The van der Waals surface area contributed by atoms with Crippen molar-refractivity contribution in [2.75, 3.05) is 19.6 Å². The molecule has 24 heavy (non-hydrogen) atoms. The number of allylic oxidation sites excluding steroid dienone is 2. The number of fused-ring (bicyclic) bond motifs is 1. The number of nitrogens with one attached hydrogen (secondary N) is 3. The van der Waals surface area contributed by atoms with Crippen LogP contribution in [0, 0.1) is 5.92 Å². The number of rotatable bonds is 4. The molecule has 2 aliphatic rings. The minimum atomic E-state index is -0.664. The molecule has 0 spiro atoms. The number of thiocarbonyl (C=S) groups is 2. The lowest BCUT2D eigenvalue weighted by atomic mass is 9.86. The van der Waals surface area contributed by atoms with Crippen LogP contribution in [0.2, 0.25) is 0 Å². The summed E-state index contributed by atoms with van der Waals surface area (Å²) in [5.41, 5.74) is 0. The maximum atomic E-state index is 11.1. The number of hydrogen-bond donors (Lipinski definition) is 3. The quantitative estimate of drug-likeness (QED) is 0.398. The number of alkyl carbamates (subject to hydrolysis) is 1. The van der Waals surface area contributed by atoms with Gasteiger partial charge in [0, 0.05) is 25.6 Å². The number of carbonyl (C=O) groups is 1. The molecule has 1 aliphatic heterocycles. The highest BCUT2D eigenvalue weighted by Crippen LogP contribution is 2.28. The van der Waals surface area contributed by atoms with E-state index in [1.807, 2.05) is 0 Å². The molecule has 1 fully saturated rings. The van der Waals surface area contributed by atoms with Gasteiger partial charge in [-0.25, -0.2) is 4.79 Å². The van der Waals surface area contributed by atoms with Gasteiger partial charge in [0.25, 0.3) is 0 Å². The van der Waals surface area contributed by atoms with Gasteiger partial charge in [-0.1, -0.05) is 30.9 Å². The topological polar surface area (TPSA) is 65.6 Å². The zero-order valence-electron chi connectivity index (χ0n) is 13.4. The SMILES string of the molecule is C=COC(=O)NC(=S)NCCNC(=S)N1CCCC2C=CC=CC21. The fourth-order valence-corrected chi connectivity index (χ4v) is 3.32. The van der Waals surface area contributed by atoms with Gasteiger partial charge in [-0.05, 0) is 37.3 Å². The fraction of sp³-hybridized carbons (Fsp3) is 0.438. The largest absolute Gasteiger partial charge is 0.419 e. The summed E-state index contributed by atoms with van der Waals surface area (Å²) in [6, 6.07) is 0.341. The number of carbonyl (C=O) groups excluding carboxylic acids is 1. The standard InChI is InChI=1S/C16H22N4O2S2/c1-2-22-16(21)19-14(23)17-9-10-18-15(24)20-11-5-7-12-6-3-4-8-13(12)20/h2-4,6,8,12-13H,1,5,7,9-11H2,(H,18,24)(H2,17,19,21,23). The first-order valence-electron chi connectivity index (χ1n) is 7.87. The molecule has 1 aliphatic carbocycles. The highest BCUT2D eigenvalue weighted by Gasteiger charge is 2.30. The highest BCUT2D eigenvalue weighted by molar-refractivity contribution is 7.80. The Balaban J connectivity index is 1.68. The molecule has 8 heteroatoms. The van der Waals surface area contributed by atoms with E-state index in [0.717, 1.165) is 24.3 Å². The number of piperidine rings is 1. The van der Waals surface area contributed by atoms with Crippen LogP contribution >= 0.6 is 24.4 Å². The van der Waals surface area contributed by atoms with E-state index in [-0.39, 0.29) is 5.11 Å². The van der Waals surface area contributed by atoms with E-state index in [2.05, 4.69) is 56.5 Å². The van der Waals surface area contributed by atoms with Crippen molar-refractivity contribution in [1.29, 1.82) is 0 Å². The van der Waals surface area contributed by atoms with Crippen molar-refractivity contribution in [1.82, 2.24) is 20.9 Å². The number of ether oxygens (including phenoxy) is 1. The zero-order valence-corrected chi connectivity index (χ0v) is 15.0. The molecule has 0 saturated carbocycles. The molecule has 3 N–H and O–H groups in total. The molecule has 0 aromatic carbocycles. The fourth-order valence-electron chi connectivity index (χ4n) is 2.82. The second-order valence-electron chi connectivity index (χ2n) is 5.44. The van der Waals surface area contributed by atoms with Crippen LogP contribution in [0.15, 0.2) is 37.1 Å². The molecule has 0 radical (unpaired) electrons. The van der Waals surface area contributed by atoms with Crippen LogP contribution in [-0.2, 0) is 4.74 Å². The van der Waals surface area contributed by atoms with E-state index < -0.39 is 6.09 Å². The van der Waals surface area contributed by atoms with Gasteiger partial charge in [0.05, 0.1) is 12.3 Å². The van der Waals surface area contributed by atoms with Crippen LogP contribution in [0.25, 0.3) is 0 Å². The van der Waals surface area contributed by atoms with Crippen LogP contribution in [-0.4, -0.2) is 46.9 Å². The third kappa shape index (κ3) is 5.31. The van der Waals surface area contributed by atoms with Crippen molar-refractivity contribution >= 4 is 40.8 Å². The summed E-state index contributed by atoms with van der Waals surface area (Å²) in [6.07, 6.45) is 11.4. The summed E-state index contributed by atoms with van der Waals surface area (Å²) < 4.78 is 4.52. The molecule has 1 amide bonds. The van der Waals surface area contributed by atoms with Crippen molar-refractivity contribution in [2.24, 2.45) is 5.92 Å². The van der Waals surface area contributed by atoms with E-state index in [1.165, 1.54) is 6.42 Å². The highest BCUT2D eigenvalue weighted by atomic mass is 32.1. The summed E-state index contributed by atoms with van der Waals surface area (Å²) in [7, 11) is 0. The minimum absolute atomic E-state index is 0.202. The van der Waals surface area contributed by atoms with Gasteiger partial charge in [0.1, 0.15) is 0 Å². The molecule has 130 valence electrons. The Labute approximate surface area is 153 Å². The van der Waals surface area contributed by atoms with Gasteiger partial charge in [0.2, 0.25) is 0 Å². The Bertz CT molecular complexity index is 562. The lowest BCUT2D eigenvalue weighted by Gasteiger charge is -2.41. The van der Waals surface area contributed by atoms with Crippen LogP contribution in [0.4, 0.5) is 4.79 Å². The van der Waals surface area contributed by atoms with Crippen molar-refractivity contribution in [3.05, 3.63) is 37.1 Å². The Hall–Kier alpha value is -1.93. The maximum absolute atomic E-state index is 11.1. The number of amides is 1. The Kier molecular flexibility index (Phi) is 7.20. The van der Waals surface area contributed by atoms with Gasteiger partial charge < -0.3 is 20.3 Å². The third-order valence-corrected chi connectivity index (χ3v) is 4.49. The normalized spacial score (nSPS) is 21.4. The van der Waals surface area contributed by atoms with Gasteiger partial charge in [-0.2, -0.15) is 0 Å². The predicted molar refractivity (Wildman–Crippen MR) is 103 cm³/mol. The molecule has 0 bridgehead atoms. The summed E-state index contributed by atoms with van der Waals surface area (Å²) in [5.74, 6) is 0.536. The predicted octanol–water partition coefficient (Wildman–Crippen LogP) is 1.81. The molecule has 1 heterocycles. The van der Waals surface area contributed by atoms with E-state index in [1.54, 1.807) is 0 Å². The summed E-state index contributed by atoms with van der Waals surface area (Å²) in [6.45, 7) is 5.39. The smallest absolute Gasteiger partial charge is 0.418 e. The second-order valence-corrected chi connectivity index (χ2v) is 6.24. The van der Waals surface area contributed by atoms with Crippen LogP contribution in [0.5, 0.6) is 0 Å². The molecule has 0 aromatic rings. The molecule has 2 rings (SSSR count). The summed E-state index contributed by atoms with van der Waals surface area (Å²) in [4.78, 5) is 13.4.